The summed E-state index contributed by atoms with van der Waals surface area (Å²) in [6.07, 6.45) is 3.28. The van der Waals surface area contributed by atoms with Gasteiger partial charge < -0.3 is 24.6 Å². The highest BCUT2D eigenvalue weighted by atomic mass is 16.6. The molecule has 3 heterocycles. The van der Waals surface area contributed by atoms with Crippen molar-refractivity contribution < 1.29 is 19.1 Å². The number of likely N-dealkylation sites (tertiary alicyclic amines) is 1. The maximum Gasteiger partial charge on any atom is 0.410 e. The summed E-state index contributed by atoms with van der Waals surface area (Å²) < 4.78 is 10.8. The molecule has 1 aromatic heterocycles. The molecular weight excluding hydrogens is 420 g/mol. The van der Waals surface area contributed by atoms with Crippen molar-refractivity contribution in [2.24, 2.45) is 0 Å². The number of aromatic nitrogens is 1. The number of hydrogen-bond donors (Lipinski definition) is 1. The largest absolute Gasteiger partial charge is 0.497 e. The van der Waals surface area contributed by atoms with Gasteiger partial charge in [-0.15, -0.1) is 0 Å². The first kappa shape index (κ1) is 22.9. The number of methoxy groups -OCH3 is 1. The van der Waals surface area contributed by atoms with Gasteiger partial charge in [-0.1, -0.05) is 0 Å². The number of hydrogen-bond acceptors (Lipinski definition) is 6. The van der Waals surface area contributed by atoms with Crippen LogP contribution in [0.5, 0.6) is 5.75 Å². The molecule has 2 aliphatic rings. The van der Waals surface area contributed by atoms with Crippen LogP contribution in [-0.4, -0.2) is 53.7 Å². The lowest BCUT2D eigenvalue weighted by Crippen LogP contribution is -2.49. The van der Waals surface area contributed by atoms with Gasteiger partial charge >= 0.3 is 6.09 Å². The Morgan fingerprint density at radius 3 is 2.55 bits per heavy atom. The van der Waals surface area contributed by atoms with Crippen molar-refractivity contribution in [3.05, 3.63) is 41.6 Å². The smallest absolute Gasteiger partial charge is 0.410 e. The van der Waals surface area contributed by atoms with Crippen LogP contribution in [0.25, 0.3) is 0 Å². The van der Waals surface area contributed by atoms with Crippen LogP contribution in [0, 0.1) is 6.92 Å². The highest BCUT2D eigenvalue weighted by molar-refractivity contribution is 6.02. The molecule has 1 aromatic carbocycles. The summed E-state index contributed by atoms with van der Waals surface area (Å²) in [7, 11) is 1.65. The van der Waals surface area contributed by atoms with Crippen LogP contribution in [0.1, 0.15) is 44.7 Å². The van der Waals surface area contributed by atoms with Crippen molar-refractivity contribution in [3.63, 3.8) is 0 Å². The highest BCUT2D eigenvalue weighted by Crippen LogP contribution is 2.36. The average Bonchev–Trinajstić information content (AvgIpc) is 3.09. The van der Waals surface area contributed by atoms with Gasteiger partial charge in [-0.25, -0.2) is 9.78 Å². The van der Waals surface area contributed by atoms with E-state index >= 15 is 0 Å². The molecule has 33 heavy (non-hydrogen) atoms. The normalized spacial score (nSPS) is 16.6. The fourth-order valence-corrected chi connectivity index (χ4v) is 4.36. The van der Waals surface area contributed by atoms with E-state index in [0.29, 0.717) is 38.2 Å². The topological polar surface area (TPSA) is 84.0 Å². The van der Waals surface area contributed by atoms with Gasteiger partial charge in [0.25, 0.3) is 0 Å². The molecule has 2 aliphatic heterocycles. The van der Waals surface area contributed by atoms with Crippen LogP contribution in [0.15, 0.2) is 30.5 Å². The molecule has 8 nitrogen and oxygen atoms in total. The first-order chi connectivity index (χ1) is 15.6. The summed E-state index contributed by atoms with van der Waals surface area (Å²) in [5, 5.41) is 3.36. The van der Waals surface area contributed by atoms with Gasteiger partial charge in [-0.05, 0) is 64.3 Å². The third-order valence-corrected chi connectivity index (χ3v) is 6.01. The molecule has 1 N–H and O–H groups in total. The van der Waals surface area contributed by atoms with Crippen molar-refractivity contribution in [1.29, 1.82) is 0 Å². The zero-order valence-corrected chi connectivity index (χ0v) is 20.0. The number of pyridine rings is 1. The number of benzene rings is 1. The summed E-state index contributed by atoms with van der Waals surface area (Å²) in [5.41, 5.74) is 3.30. The molecule has 8 heteroatoms. The SMILES string of the molecule is COc1ccc(Nc2cc3c(cn2)CC(=O)N3C2CCN(C(=O)OC(C)(C)C)CC2)c(C)c1. The standard InChI is InChI=1S/C25H32N4O4/c1-16-12-19(32-5)6-7-20(16)27-22-14-21-17(15-26-22)13-23(30)29(21)18-8-10-28(11-9-18)24(31)33-25(2,3)4/h6-7,12,14-15,18H,8-11,13H2,1-5H3,(H,26,27). The van der Waals surface area contributed by atoms with E-state index in [1.807, 2.05) is 56.9 Å². The number of carbonyl (C=O) groups is 2. The number of aryl methyl sites for hydroxylation is 1. The van der Waals surface area contributed by atoms with Gasteiger partial charge in [0.15, 0.2) is 0 Å². The minimum atomic E-state index is -0.517. The van der Waals surface area contributed by atoms with Gasteiger partial charge in [-0.3, -0.25) is 4.79 Å². The first-order valence-corrected chi connectivity index (χ1v) is 11.3. The van der Waals surface area contributed by atoms with Crippen LogP contribution >= 0.6 is 0 Å². The van der Waals surface area contributed by atoms with Crippen molar-refractivity contribution in [2.45, 2.75) is 58.6 Å². The zero-order chi connectivity index (χ0) is 23.8. The van der Waals surface area contributed by atoms with Crippen molar-refractivity contribution >= 4 is 29.2 Å². The number of carbonyl (C=O) groups excluding carboxylic acids is 2. The van der Waals surface area contributed by atoms with E-state index in [9.17, 15) is 9.59 Å². The Morgan fingerprint density at radius 1 is 1.18 bits per heavy atom. The van der Waals surface area contributed by atoms with Gasteiger partial charge in [0, 0.05) is 42.6 Å². The van der Waals surface area contributed by atoms with Gasteiger partial charge in [-0.2, -0.15) is 0 Å². The van der Waals surface area contributed by atoms with Gasteiger partial charge in [0.1, 0.15) is 17.2 Å². The monoisotopic (exact) mass is 452 g/mol. The minimum absolute atomic E-state index is 0.0513. The number of fused-ring (bicyclic) bond motifs is 1. The fraction of sp³-hybridized carbons (Fsp3) is 0.480. The van der Waals surface area contributed by atoms with E-state index in [4.69, 9.17) is 9.47 Å². The Labute approximate surface area is 194 Å². The quantitative estimate of drug-likeness (QED) is 0.739. The Kier molecular flexibility index (Phi) is 6.19. The second-order valence-corrected chi connectivity index (χ2v) is 9.64. The van der Waals surface area contributed by atoms with Crippen molar-refractivity contribution in [3.8, 4) is 5.75 Å². The lowest BCUT2D eigenvalue weighted by Gasteiger charge is -2.37. The predicted octanol–water partition coefficient (Wildman–Crippen LogP) is 4.43. The Balaban J connectivity index is 1.47. The summed E-state index contributed by atoms with van der Waals surface area (Å²) in [4.78, 5) is 33.4. The number of nitrogens with zero attached hydrogens (tertiary/aromatic N) is 3. The third-order valence-electron chi connectivity index (χ3n) is 6.01. The summed E-state index contributed by atoms with van der Waals surface area (Å²) in [6, 6.07) is 7.82. The summed E-state index contributed by atoms with van der Waals surface area (Å²) >= 11 is 0. The number of ether oxygens (including phenoxy) is 2. The Morgan fingerprint density at radius 2 is 1.91 bits per heavy atom. The lowest BCUT2D eigenvalue weighted by atomic mass is 10.0. The number of amides is 2. The van der Waals surface area contributed by atoms with Crippen molar-refractivity contribution in [1.82, 2.24) is 9.88 Å². The number of nitrogens with one attached hydrogen (secondary N) is 1. The summed E-state index contributed by atoms with van der Waals surface area (Å²) in [6.45, 7) is 8.74. The number of anilines is 3. The maximum absolute atomic E-state index is 12.9. The van der Waals surface area contributed by atoms with E-state index in [-0.39, 0.29) is 18.0 Å². The molecule has 4 rings (SSSR count). The molecule has 0 aliphatic carbocycles. The van der Waals surface area contributed by atoms with Gasteiger partial charge in [0.05, 0.1) is 19.2 Å². The Hall–Kier alpha value is -3.29. The molecule has 1 fully saturated rings. The second-order valence-electron chi connectivity index (χ2n) is 9.64. The van der Waals surface area contributed by atoms with Crippen LogP contribution < -0.4 is 15.0 Å². The predicted molar refractivity (Wildman–Crippen MR) is 127 cm³/mol. The molecule has 176 valence electrons. The van der Waals surface area contributed by atoms with Gasteiger partial charge in [0.2, 0.25) is 5.91 Å². The highest BCUT2D eigenvalue weighted by Gasteiger charge is 2.36. The van der Waals surface area contributed by atoms with E-state index in [2.05, 4.69) is 10.3 Å². The third kappa shape index (κ3) is 5.05. The zero-order valence-electron chi connectivity index (χ0n) is 20.0. The van der Waals surface area contributed by atoms with Crippen LogP contribution in [-0.2, 0) is 16.0 Å². The molecule has 1 saturated heterocycles. The fourth-order valence-electron chi connectivity index (χ4n) is 4.36. The number of piperidine rings is 1. The summed E-state index contributed by atoms with van der Waals surface area (Å²) in [5.74, 6) is 1.57. The molecule has 0 unspecified atom stereocenters. The maximum atomic E-state index is 12.9. The molecule has 0 spiro atoms. The molecule has 2 amide bonds. The van der Waals surface area contributed by atoms with Crippen LogP contribution in [0.3, 0.4) is 0 Å². The molecule has 0 saturated carbocycles. The van der Waals surface area contributed by atoms with E-state index < -0.39 is 5.60 Å². The van der Waals surface area contributed by atoms with E-state index in [1.165, 1.54) is 0 Å². The van der Waals surface area contributed by atoms with Crippen molar-refractivity contribution in [2.75, 3.05) is 30.4 Å². The molecule has 0 atom stereocenters. The number of rotatable bonds is 4. The molecular formula is C25H32N4O4. The lowest BCUT2D eigenvalue weighted by molar-refractivity contribution is -0.118. The minimum Gasteiger partial charge on any atom is -0.497 e. The van der Waals surface area contributed by atoms with Crippen LogP contribution in [0.4, 0.5) is 22.0 Å². The molecule has 0 radical (unpaired) electrons. The molecule has 0 bridgehead atoms. The van der Waals surface area contributed by atoms with E-state index in [0.717, 1.165) is 28.3 Å². The second kappa shape index (κ2) is 8.92. The average molecular weight is 453 g/mol. The van der Waals surface area contributed by atoms with E-state index in [1.54, 1.807) is 18.2 Å². The molecule has 2 aromatic rings. The Bertz CT molecular complexity index is 1050. The first-order valence-electron chi connectivity index (χ1n) is 11.3. The van der Waals surface area contributed by atoms with Crippen LogP contribution in [0.2, 0.25) is 0 Å².